The molecule has 3 aromatic rings. The zero-order valence-corrected chi connectivity index (χ0v) is 16.3. The molecule has 0 aliphatic carbocycles. The number of rotatable bonds is 7. The second-order valence-corrected chi connectivity index (χ2v) is 7.51. The van der Waals surface area contributed by atoms with Crippen LogP contribution in [0.3, 0.4) is 0 Å². The third-order valence-electron chi connectivity index (χ3n) is 3.80. The maximum Gasteiger partial charge on any atom is 0.191 e. The van der Waals surface area contributed by atoms with E-state index in [9.17, 15) is 0 Å². The normalized spacial score (nSPS) is 11.0. The van der Waals surface area contributed by atoms with E-state index >= 15 is 0 Å². The summed E-state index contributed by atoms with van der Waals surface area (Å²) in [6.07, 6.45) is 1.83. The van der Waals surface area contributed by atoms with Gasteiger partial charge < -0.3 is 4.57 Å². The molecule has 0 atom stereocenters. The van der Waals surface area contributed by atoms with Crippen molar-refractivity contribution in [1.82, 2.24) is 14.8 Å². The van der Waals surface area contributed by atoms with Crippen molar-refractivity contribution in [2.75, 3.05) is 0 Å². The molecule has 3 rings (SSSR count). The van der Waals surface area contributed by atoms with Crippen LogP contribution in [0.15, 0.2) is 53.7 Å². The fourth-order valence-electron chi connectivity index (χ4n) is 2.56. The lowest BCUT2D eigenvalue weighted by atomic mass is 10.1. The Kier molecular flexibility index (Phi) is 6.40. The number of benzene rings is 2. The third kappa shape index (κ3) is 4.78. The summed E-state index contributed by atoms with van der Waals surface area (Å²) >= 11 is 13.7. The largest absolute Gasteiger partial charge is 0.306 e. The number of aromatic nitrogens is 3. The minimum Gasteiger partial charge on any atom is -0.306 e. The number of hydrogen-bond donors (Lipinski definition) is 0. The first-order valence-corrected chi connectivity index (χ1v) is 9.94. The van der Waals surface area contributed by atoms with Gasteiger partial charge in [-0.15, -0.1) is 10.2 Å². The molecule has 0 amide bonds. The molecule has 1 aromatic heterocycles. The number of halogens is 2. The van der Waals surface area contributed by atoms with Gasteiger partial charge in [-0.2, -0.15) is 0 Å². The van der Waals surface area contributed by atoms with E-state index < -0.39 is 0 Å². The Morgan fingerprint density at radius 2 is 1.76 bits per heavy atom. The van der Waals surface area contributed by atoms with Gasteiger partial charge in [-0.1, -0.05) is 78.3 Å². The average Bonchev–Trinajstić information content (AvgIpc) is 2.99. The molecule has 1 heterocycles. The van der Waals surface area contributed by atoms with Crippen molar-refractivity contribution in [3.05, 3.63) is 75.5 Å². The molecule has 0 fully saturated rings. The summed E-state index contributed by atoms with van der Waals surface area (Å²) in [6, 6.07) is 16.1. The molecular weight excluding hydrogens is 373 g/mol. The molecule has 0 unspecified atom stereocenters. The van der Waals surface area contributed by atoms with E-state index in [2.05, 4.69) is 46.0 Å². The predicted molar refractivity (Wildman–Crippen MR) is 106 cm³/mol. The van der Waals surface area contributed by atoms with E-state index in [1.54, 1.807) is 11.8 Å². The van der Waals surface area contributed by atoms with Gasteiger partial charge in [0.25, 0.3) is 0 Å². The van der Waals surface area contributed by atoms with E-state index in [1.807, 2.05) is 24.3 Å². The van der Waals surface area contributed by atoms with Crippen LogP contribution in [-0.4, -0.2) is 14.8 Å². The number of thioether (sulfide) groups is 1. The molecule has 3 nitrogen and oxygen atoms in total. The summed E-state index contributed by atoms with van der Waals surface area (Å²) in [5.74, 6) is 1.79. The molecular formula is C19H19Cl2N3S. The van der Waals surface area contributed by atoms with E-state index in [0.29, 0.717) is 10.0 Å². The second kappa shape index (κ2) is 8.75. The van der Waals surface area contributed by atoms with E-state index in [4.69, 9.17) is 23.2 Å². The standard InChI is InChI=1S/C19H19Cl2N3S/c1-2-10-24-18(12-14-6-4-3-5-7-14)22-23-19(24)25-13-15-8-9-16(20)17(21)11-15/h3-9,11H,2,10,12-13H2,1H3. The quantitative estimate of drug-likeness (QED) is 0.471. The number of nitrogens with zero attached hydrogens (tertiary/aromatic N) is 3. The molecule has 0 spiro atoms. The molecule has 25 heavy (non-hydrogen) atoms. The summed E-state index contributed by atoms with van der Waals surface area (Å²) < 4.78 is 2.22. The van der Waals surface area contributed by atoms with Gasteiger partial charge in [-0.25, -0.2) is 0 Å². The first-order chi connectivity index (χ1) is 12.2. The first kappa shape index (κ1) is 18.3. The van der Waals surface area contributed by atoms with Gasteiger partial charge in [0.15, 0.2) is 5.16 Å². The lowest BCUT2D eigenvalue weighted by Crippen LogP contribution is -2.05. The highest BCUT2D eigenvalue weighted by Gasteiger charge is 2.13. The van der Waals surface area contributed by atoms with Crippen LogP contribution >= 0.6 is 35.0 Å². The van der Waals surface area contributed by atoms with Crippen molar-refractivity contribution >= 4 is 35.0 Å². The molecule has 6 heteroatoms. The minimum atomic E-state index is 0.578. The fourth-order valence-corrected chi connectivity index (χ4v) is 3.81. The Bertz CT molecular complexity index is 834. The SMILES string of the molecule is CCCn1c(Cc2ccccc2)nnc1SCc1ccc(Cl)c(Cl)c1. The highest BCUT2D eigenvalue weighted by atomic mass is 35.5. The lowest BCUT2D eigenvalue weighted by molar-refractivity contribution is 0.598. The molecule has 0 bridgehead atoms. The van der Waals surface area contributed by atoms with Gasteiger partial charge in [0, 0.05) is 18.7 Å². The lowest BCUT2D eigenvalue weighted by Gasteiger charge is -2.09. The van der Waals surface area contributed by atoms with Crippen molar-refractivity contribution < 1.29 is 0 Å². The van der Waals surface area contributed by atoms with Gasteiger partial charge in [0.1, 0.15) is 5.82 Å². The Morgan fingerprint density at radius 1 is 0.960 bits per heavy atom. The van der Waals surface area contributed by atoms with Crippen LogP contribution in [-0.2, 0) is 18.7 Å². The zero-order valence-electron chi connectivity index (χ0n) is 14.0. The van der Waals surface area contributed by atoms with Crippen LogP contribution in [0.25, 0.3) is 0 Å². The second-order valence-electron chi connectivity index (χ2n) is 5.75. The Balaban J connectivity index is 1.75. The van der Waals surface area contributed by atoms with Crippen LogP contribution < -0.4 is 0 Å². The predicted octanol–water partition coefficient (Wildman–Crippen LogP) is 5.88. The van der Waals surface area contributed by atoms with Gasteiger partial charge in [-0.05, 0) is 29.7 Å². The zero-order chi connectivity index (χ0) is 17.6. The smallest absolute Gasteiger partial charge is 0.191 e. The molecule has 0 saturated carbocycles. The van der Waals surface area contributed by atoms with Crippen LogP contribution in [0.4, 0.5) is 0 Å². The van der Waals surface area contributed by atoms with Crippen molar-refractivity contribution in [2.45, 2.75) is 37.2 Å². The first-order valence-electron chi connectivity index (χ1n) is 8.20. The topological polar surface area (TPSA) is 30.7 Å². The minimum absolute atomic E-state index is 0.578. The summed E-state index contributed by atoms with van der Waals surface area (Å²) in [5, 5.41) is 10.9. The van der Waals surface area contributed by atoms with Gasteiger partial charge in [-0.3, -0.25) is 0 Å². The summed E-state index contributed by atoms with van der Waals surface area (Å²) in [7, 11) is 0. The average molecular weight is 392 g/mol. The molecule has 130 valence electrons. The Labute approximate surface area is 162 Å². The van der Waals surface area contributed by atoms with Crippen molar-refractivity contribution in [2.24, 2.45) is 0 Å². The van der Waals surface area contributed by atoms with Crippen LogP contribution in [0, 0.1) is 0 Å². The van der Waals surface area contributed by atoms with Crippen LogP contribution in [0.2, 0.25) is 10.0 Å². The Morgan fingerprint density at radius 3 is 2.48 bits per heavy atom. The third-order valence-corrected chi connectivity index (χ3v) is 5.57. The molecule has 0 saturated heterocycles. The van der Waals surface area contributed by atoms with Crippen LogP contribution in [0.5, 0.6) is 0 Å². The van der Waals surface area contributed by atoms with Crippen molar-refractivity contribution in [3.8, 4) is 0 Å². The molecule has 0 radical (unpaired) electrons. The summed E-state index contributed by atoms with van der Waals surface area (Å²) in [5.41, 5.74) is 2.36. The van der Waals surface area contributed by atoms with E-state index in [1.165, 1.54) is 5.56 Å². The maximum absolute atomic E-state index is 6.10. The summed E-state index contributed by atoms with van der Waals surface area (Å²) in [6.45, 7) is 3.08. The highest BCUT2D eigenvalue weighted by Crippen LogP contribution is 2.27. The molecule has 2 aromatic carbocycles. The molecule has 0 aliphatic rings. The Hall–Kier alpha value is -1.49. The molecule has 0 aliphatic heterocycles. The van der Waals surface area contributed by atoms with Crippen LogP contribution in [0.1, 0.15) is 30.3 Å². The summed E-state index contributed by atoms with van der Waals surface area (Å²) in [4.78, 5) is 0. The van der Waals surface area contributed by atoms with E-state index in [-0.39, 0.29) is 0 Å². The highest BCUT2D eigenvalue weighted by molar-refractivity contribution is 7.98. The molecule has 0 N–H and O–H groups in total. The maximum atomic E-state index is 6.10. The monoisotopic (exact) mass is 391 g/mol. The van der Waals surface area contributed by atoms with Crippen molar-refractivity contribution in [3.63, 3.8) is 0 Å². The van der Waals surface area contributed by atoms with Gasteiger partial charge in [0.2, 0.25) is 0 Å². The van der Waals surface area contributed by atoms with Crippen molar-refractivity contribution in [1.29, 1.82) is 0 Å². The fraction of sp³-hybridized carbons (Fsp3) is 0.263. The van der Waals surface area contributed by atoms with Gasteiger partial charge in [0.05, 0.1) is 10.0 Å². The van der Waals surface area contributed by atoms with Gasteiger partial charge >= 0.3 is 0 Å². The van der Waals surface area contributed by atoms with E-state index in [0.717, 1.165) is 41.7 Å². The number of hydrogen-bond acceptors (Lipinski definition) is 3.